The molecule has 1 heterocycles. The zero-order valence-electron chi connectivity index (χ0n) is 13.8. The number of anilines is 2. The van der Waals surface area contributed by atoms with Crippen LogP contribution in [-0.2, 0) is 0 Å². The summed E-state index contributed by atoms with van der Waals surface area (Å²) < 4.78 is 0. The van der Waals surface area contributed by atoms with Gasteiger partial charge in [0.15, 0.2) is 0 Å². The molecule has 0 bridgehead atoms. The average molecular weight is 347 g/mol. The maximum atomic E-state index is 12.0. The highest BCUT2D eigenvalue weighted by Gasteiger charge is 2.23. The smallest absolute Gasteiger partial charge is 0.267 e. The molecule has 0 spiro atoms. The third-order valence-electron chi connectivity index (χ3n) is 3.98. The Hall–Kier alpha value is -3.87. The van der Waals surface area contributed by atoms with E-state index in [-0.39, 0.29) is 11.3 Å². The number of nitrogens with zero attached hydrogens (tertiary/aromatic N) is 1. The molecule has 0 unspecified atom stereocenters. The highest BCUT2D eigenvalue weighted by Crippen LogP contribution is 2.37. The maximum Gasteiger partial charge on any atom is 0.267 e. The van der Waals surface area contributed by atoms with Crippen molar-refractivity contribution >= 4 is 23.2 Å². The van der Waals surface area contributed by atoms with E-state index >= 15 is 0 Å². The first-order chi connectivity index (χ1) is 12.4. The molecule has 3 aromatic rings. The van der Waals surface area contributed by atoms with Crippen LogP contribution in [-0.4, -0.2) is 16.8 Å². The van der Waals surface area contributed by atoms with Crippen LogP contribution in [0.5, 0.6) is 0 Å². The number of primary amides is 2. The summed E-state index contributed by atoms with van der Waals surface area (Å²) in [6.45, 7) is 0. The molecule has 7 nitrogen and oxygen atoms in total. The minimum Gasteiger partial charge on any atom is -0.399 e. The second-order valence-corrected chi connectivity index (χ2v) is 5.74. The minimum absolute atomic E-state index is 0.0339. The summed E-state index contributed by atoms with van der Waals surface area (Å²) in [4.78, 5) is 28.1. The summed E-state index contributed by atoms with van der Waals surface area (Å²) in [5, 5.41) is 0. The number of hydrogen-bond acceptors (Lipinski definition) is 5. The molecule has 0 atom stereocenters. The van der Waals surface area contributed by atoms with Gasteiger partial charge in [0.25, 0.3) is 11.8 Å². The number of carbonyl (C=O) groups is 2. The molecule has 2 aromatic carbocycles. The van der Waals surface area contributed by atoms with E-state index in [0.29, 0.717) is 33.6 Å². The molecular formula is C19H17N5O2. The van der Waals surface area contributed by atoms with E-state index in [1.807, 2.05) is 0 Å². The molecule has 0 saturated heterocycles. The second-order valence-electron chi connectivity index (χ2n) is 5.74. The van der Waals surface area contributed by atoms with Crippen LogP contribution in [0.1, 0.15) is 20.8 Å². The van der Waals surface area contributed by atoms with Crippen molar-refractivity contribution in [2.45, 2.75) is 0 Å². The summed E-state index contributed by atoms with van der Waals surface area (Å²) in [5.74, 6) is -1.39. The molecule has 26 heavy (non-hydrogen) atoms. The molecule has 0 fully saturated rings. The van der Waals surface area contributed by atoms with Crippen molar-refractivity contribution in [1.82, 2.24) is 4.98 Å². The molecule has 0 aliphatic heterocycles. The topological polar surface area (TPSA) is 151 Å². The van der Waals surface area contributed by atoms with Crippen LogP contribution in [0.2, 0.25) is 0 Å². The van der Waals surface area contributed by atoms with Crippen molar-refractivity contribution in [2.75, 3.05) is 11.5 Å². The predicted molar refractivity (Wildman–Crippen MR) is 101 cm³/mol. The van der Waals surface area contributed by atoms with Gasteiger partial charge in [0, 0.05) is 28.7 Å². The number of benzene rings is 2. The van der Waals surface area contributed by atoms with Crippen LogP contribution in [0.15, 0.2) is 54.7 Å². The molecule has 7 heteroatoms. The second kappa shape index (κ2) is 6.56. The lowest BCUT2D eigenvalue weighted by molar-refractivity contribution is 0.0985. The Labute approximate surface area is 149 Å². The zero-order valence-corrected chi connectivity index (χ0v) is 13.8. The van der Waals surface area contributed by atoms with Gasteiger partial charge in [0.1, 0.15) is 5.69 Å². The van der Waals surface area contributed by atoms with E-state index in [0.717, 1.165) is 0 Å². The molecule has 3 rings (SSSR count). The summed E-state index contributed by atoms with van der Waals surface area (Å²) >= 11 is 0. The molecule has 1 aromatic heterocycles. The number of nitrogen functional groups attached to an aromatic ring is 2. The molecule has 2 amide bonds. The third-order valence-corrected chi connectivity index (χ3v) is 3.98. The fourth-order valence-corrected chi connectivity index (χ4v) is 2.77. The number of carbonyl (C=O) groups excluding carboxylic acids is 2. The summed E-state index contributed by atoms with van der Waals surface area (Å²) in [6, 6.07) is 13.7. The first kappa shape index (κ1) is 17.0. The molecule has 130 valence electrons. The van der Waals surface area contributed by atoms with Crippen molar-refractivity contribution in [2.24, 2.45) is 11.5 Å². The van der Waals surface area contributed by atoms with Crippen molar-refractivity contribution in [3.63, 3.8) is 0 Å². The lowest BCUT2D eigenvalue weighted by Crippen LogP contribution is -2.19. The quantitative estimate of drug-likeness (QED) is 0.530. The lowest BCUT2D eigenvalue weighted by atomic mass is 9.89. The van der Waals surface area contributed by atoms with E-state index in [4.69, 9.17) is 22.9 Å². The van der Waals surface area contributed by atoms with Gasteiger partial charge < -0.3 is 22.9 Å². The monoisotopic (exact) mass is 347 g/mol. The third kappa shape index (κ3) is 3.05. The van der Waals surface area contributed by atoms with E-state index in [2.05, 4.69) is 4.98 Å². The van der Waals surface area contributed by atoms with Crippen LogP contribution in [0.4, 0.5) is 11.4 Å². The number of rotatable bonds is 4. The van der Waals surface area contributed by atoms with Gasteiger partial charge >= 0.3 is 0 Å². The Kier molecular flexibility index (Phi) is 4.28. The number of amides is 2. The molecule has 0 radical (unpaired) electrons. The SMILES string of the molecule is NC(=O)c1cnc(C(N)=O)c(-c2ccc(N)cc2)c1-c1ccc(N)cc1. The minimum atomic E-state index is -0.718. The van der Waals surface area contributed by atoms with Gasteiger partial charge in [-0.2, -0.15) is 0 Å². The van der Waals surface area contributed by atoms with E-state index in [1.54, 1.807) is 48.5 Å². The standard InChI is InChI=1S/C19H17N5O2/c20-12-5-1-10(2-6-12)15-14(18(22)25)9-24-17(19(23)26)16(15)11-3-7-13(21)8-4-11/h1-9H,20-21H2,(H2,22,25)(H2,23,26). The van der Waals surface area contributed by atoms with Crippen molar-refractivity contribution in [3.8, 4) is 22.3 Å². The van der Waals surface area contributed by atoms with Gasteiger partial charge in [-0.15, -0.1) is 0 Å². The van der Waals surface area contributed by atoms with Crippen LogP contribution >= 0.6 is 0 Å². The Morgan fingerprint density at radius 1 is 0.692 bits per heavy atom. The van der Waals surface area contributed by atoms with Crippen LogP contribution in [0.25, 0.3) is 22.3 Å². The maximum absolute atomic E-state index is 12.0. The Balaban J connectivity index is 2.42. The van der Waals surface area contributed by atoms with Gasteiger partial charge in [-0.3, -0.25) is 9.59 Å². The molecule has 8 N–H and O–H groups in total. The first-order valence-electron chi connectivity index (χ1n) is 7.73. The van der Waals surface area contributed by atoms with Gasteiger partial charge in [-0.25, -0.2) is 4.98 Å². The number of aromatic nitrogens is 1. The Morgan fingerprint density at radius 3 is 1.58 bits per heavy atom. The Bertz CT molecular complexity index is 913. The highest BCUT2D eigenvalue weighted by molar-refractivity contribution is 6.09. The van der Waals surface area contributed by atoms with E-state index < -0.39 is 11.8 Å². The predicted octanol–water partition coefficient (Wildman–Crippen LogP) is 1.78. The van der Waals surface area contributed by atoms with Crippen LogP contribution < -0.4 is 22.9 Å². The van der Waals surface area contributed by atoms with Gasteiger partial charge in [0.2, 0.25) is 0 Å². The molecule has 0 aliphatic rings. The summed E-state index contributed by atoms with van der Waals surface area (Å²) in [7, 11) is 0. The van der Waals surface area contributed by atoms with Crippen LogP contribution in [0.3, 0.4) is 0 Å². The van der Waals surface area contributed by atoms with Crippen molar-refractivity contribution in [1.29, 1.82) is 0 Å². The fraction of sp³-hybridized carbons (Fsp3) is 0. The first-order valence-corrected chi connectivity index (χ1v) is 7.73. The van der Waals surface area contributed by atoms with Gasteiger partial charge in [-0.05, 0) is 35.4 Å². The zero-order chi connectivity index (χ0) is 18.8. The molecular weight excluding hydrogens is 330 g/mol. The largest absolute Gasteiger partial charge is 0.399 e. The number of hydrogen-bond donors (Lipinski definition) is 4. The summed E-state index contributed by atoms with van der Waals surface area (Å²) in [6.07, 6.45) is 1.26. The highest BCUT2D eigenvalue weighted by atomic mass is 16.1. The van der Waals surface area contributed by atoms with Crippen molar-refractivity contribution in [3.05, 3.63) is 66.0 Å². The number of nitrogens with two attached hydrogens (primary N) is 4. The van der Waals surface area contributed by atoms with E-state index in [1.165, 1.54) is 6.20 Å². The fourth-order valence-electron chi connectivity index (χ4n) is 2.77. The Morgan fingerprint density at radius 2 is 1.15 bits per heavy atom. The average Bonchev–Trinajstić information content (AvgIpc) is 2.61. The molecule has 0 saturated carbocycles. The van der Waals surface area contributed by atoms with E-state index in [9.17, 15) is 9.59 Å². The van der Waals surface area contributed by atoms with Gasteiger partial charge in [-0.1, -0.05) is 24.3 Å². The van der Waals surface area contributed by atoms with Crippen LogP contribution in [0, 0.1) is 0 Å². The lowest BCUT2D eigenvalue weighted by Gasteiger charge is -2.16. The summed E-state index contributed by atoms with van der Waals surface area (Å²) in [5.41, 5.74) is 26.1. The normalized spacial score (nSPS) is 10.5. The van der Waals surface area contributed by atoms with Gasteiger partial charge in [0.05, 0.1) is 5.56 Å². The number of pyridine rings is 1. The molecule has 0 aliphatic carbocycles. The van der Waals surface area contributed by atoms with Crippen molar-refractivity contribution < 1.29 is 9.59 Å².